The van der Waals surface area contributed by atoms with Gasteiger partial charge in [-0.25, -0.2) is 10.2 Å². The fourth-order valence-electron chi connectivity index (χ4n) is 2.15. The molecule has 0 unspecified atom stereocenters. The highest BCUT2D eigenvalue weighted by atomic mass is 16.2. The number of aryl methyl sites for hydroxylation is 1. The Morgan fingerprint density at radius 2 is 1.95 bits per heavy atom. The van der Waals surface area contributed by atoms with Gasteiger partial charge in [0.1, 0.15) is 0 Å². The van der Waals surface area contributed by atoms with Gasteiger partial charge in [-0.2, -0.15) is 0 Å². The van der Waals surface area contributed by atoms with E-state index in [1.165, 1.54) is 0 Å². The lowest BCUT2D eigenvalue weighted by Gasteiger charge is -2.07. The lowest BCUT2D eigenvalue weighted by Crippen LogP contribution is -2.47. The van der Waals surface area contributed by atoms with Gasteiger partial charge in [0.25, 0.3) is 5.91 Å². The maximum absolute atomic E-state index is 12.1. The third kappa shape index (κ3) is 2.45. The number of nitrogens with one attached hydrogen (secondary N) is 3. The monoisotopic (exact) mass is 272 g/mol. The van der Waals surface area contributed by atoms with E-state index in [1.807, 2.05) is 35.9 Å². The van der Waals surface area contributed by atoms with Gasteiger partial charge in [0, 0.05) is 30.2 Å². The maximum Gasteiger partial charge on any atom is 0.333 e. The molecule has 1 fully saturated rings. The van der Waals surface area contributed by atoms with Gasteiger partial charge in [0.05, 0.1) is 5.56 Å². The molecule has 3 amide bonds. The average Bonchev–Trinajstić information content (AvgIpc) is 3.19. The molecular weight excluding hydrogens is 256 g/mol. The van der Waals surface area contributed by atoms with Crippen molar-refractivity contribution >= 4 is 22.8 Å². The molecule has 0 saturated heterocycles. The van der Waals surface area contributed by atoms with Crippen LogP contribution in [0.25, 0.3) is 10.9 Å². The fourth-order valence-corrected chi connectivity index (χ4v) is 2.15. The van der Waals surface area contributed by atoms with E-state index in [1.54, 1.807) is 6.20 Å². The number of benzene rings is 1. The predicted molar refractivity (Wildman–Crippen MR) is 75.1 cm³/mol. The zero-order chi connectivity index (χ0) is 14.1. The van der Waals surface area contributed by atoms with Gasteiger partial charge in [-0.05, 0) is 18.9 Å². The molecule has 0 aliphatic heterocycles. The number of nitrogens with zero attached hydrogens (tertiary/aromatic N) is 1. The van der Waals surface area contributed by atoms with Crippen LogP contribution in [0, 0.1) is 0 Å². The number of hydrazine groups is 1. The molecule has 20 heavy (non-hydrogen) atoms. The number of aromatic nitrogens is 1. The SMILES string of the molecule is Cn1cc(C(=O)NNC(=O)NC2CC2)c2ccccc21. The van der Waals surface area contributed by atoms with Gasteiger partial charge in [0.15, 0.2) is 0 Å². The lowest BCUT2D eigenvalue weighted by atomic mass is 10.2. The molecule has 0 radical (unpaired) electrons. The van der Waals surface area contributed by atoms with Gasteiger partial charge in [-0.1, -0.05) is 18.2 Å². The van der Waals surface area contributed by atoms with Crippen LogP contribution in [-0.2, 0) is 7.05 Å². The molecule has 104 valence electrons. The van der Waals surface area contributed by atoms with Gasteiger partial charge in [-0.15, -0.1) is 0 Å². The van der Waals surface area contributed by atoms with E-state index in [-0.39, 0.29) is 18.0 Å². The Hall–Kier alpha value is -2.50. The Labute approximate surface area is 116 Å². The van der Waals surface area contributed by atoms with Gasteiger partial charge >= 0.3 is 6.03 Å². The number of urea groups is 1. The summed E-state index contributed by atoms with van der Waals surface area (Å²) in [7, 11) is 1.88. The van der Waals surface area contributed by atoms with Crippen molar-refractivity contribution in [2.75, 3.05) is 0 Å². The average molecular weight is 272 g/mol. The number of carbonyl (C=O) groups is 2. The second-order valence-corrected chi connectivity index (χ2v) is 5.00. The maximum atomic E-state index is 12.1. The van der Waals surface area contributed by atoms with Crippen LogP contribution in [0.1, 0.15) is 23.2 Å². The van der Waals surface area contributed by atoms with Gasteiger partial charge < -0.3 is 9.88 Å². The van der Waals surface area contributed by atoms with Gasteiger partial charge in [0.2, 0.25) is 0 Å². The zero-order valence-electron chi connectivity index (χ0n) is 11.1. The van der Waals surface area contributed by atoms with E-state index in [9.17, 15) is 9.59 Å². The highest BCUT2D eigenvalue weighted by molar-refractivity contribution is 6.07. The van der Waals surface area contributed by atoms with Crippen molar-refractivity contribution in [2.24, 2.45) is 7.05 Å². The number of carbonyl (C=O) groups excluding carboxylic acids is 2. The fraction of sp³-hybridized carbons (Fsp3) is 0.286. The van der Waals surface area contributed by atoms with E-state index in [2.05, 4.69) is 16.2 Å². The second kappa shape index (κ2) is 4.88. The van der Waals surface area contributed by atoms with Crippen molar-refractivity contribution in [3.05, 3.63) is 36.0 Å². The highest BCUT2D eigenvalue weighted by Gasteiger charge is 2.23. The van der Waals surface area contributed by atoms with Crippen LogP contribution in [-0.4, -0.2) is 22.5 Å². The van der Waals surface area contributed by atoms with Crippen molar-refractivity contribution in [1.29, 1.82) is 0 Å². The smallest absolute Gasteiger partial charge is 0.333 e. The molecule has 3 rings (SSSR count). The Bertz CT molecular complexity index is 673. The molecule has 0 atom stereocenters. The van der Waals surface area contributed by atoms with Crippen molar-refractivity contribution in [2.45, 2.75) is 18.9 Å². The summed E-state index contributed by atoms with van der Waals surface area (Å²) < 4.78 is 1.88. The van der Waals surface area contributed by atoms with E-state index in [4.69, 9.17) is 0 Å². The minimum absolute atomic E-state index is 0.254. The molecule has 0 bridgehead atoms. The highest BCUT2D eigenvalue weighted by Crippen LogP contribution is 2.20. The van der Waals surface area contributed by atoms with Crippen LogP contribution in [0.3, 0.4) is 0 Å². The zero-order valence-corrected chi connectivity index (χ0v) is 11.1. The quantitative estimate of drug-likeness (QED) is 0.720. The number of hydrogen-bond donors (Lipinski definition) is 3. The molecule has 1 aromatic heterocycles. The number of para-hydroxylation sites is 1. The van der Waals surface area contributed by atoms with E-state index >= 15 is 0 Å². The number of fused-ring (bicyclic) bond motifs is 1. The summed E-state index contributed by atoms with van der Waals surface area (Å²) in [5.74, 6) is -0.326. The molecule has 1 aliphatic rings. The summed E-state index contributed by atoms with van der Waals surface area (Å²) in [5.41, 5.74) is 6.30. The van der Waals surface area contributed by atoms with Crippen LogP contribution in [0.4, 0.5) is 4.79 Å². The first kappa shape index (κ1) is 12.5. The molecule has 6 nitrogen and oxygen atoms in total. The summed E-state index contributed by atoms with van der Waals surface area (Å²) in [6.07, 6.45) is 3.76. The minimum Gasteiger partial charge on any atom is -0.350 e. The lowest BCUT2D eigenvalue weighted by molar-refractivity contribution is 0.0937. The Morgan fingerprint density at radius 1 is 1.20 bits per heavy atom. The Morgan fingerprint density at radius 3 is 2.70 bits per heavy atom. The molecule has 1 saturated carbocycles. The number of rotatable bonds is 2. The largest absolute Gasteiger partial charge is 0.350 e. The van der Waals surface area contributed by atoms with Crippen LogP contribution in [0.15, 0.2) is 30.5 Å². The van der Waals surface area contributed by atoms with E-state index in [0.29, 0.717) is 5.56 Å². The first-order valence-corrected chi connectivity index (χ1v) is 6.56. The first-order valence-electron chi connectivity index (χ1n) is 6.56. The Balaban J connectivity index is 1.70. The normalized spacial score (nSPS) is 14.1. The van der Waals surface area contributed by atoms with Crippen molar-refractivity contribution in [3.8, 4) is 0 Å². The van der Waals surface area contributed by atoms with Crippen LogP contribution in [0.2, 0.25) is 0 Å². The third-order valence-corrected chi connectivity index (χ3v) is 3.34. The summed E-state index contributed by atoms with van der Waals surface area (Å²) in [4.78, 5) is 23.6. The molecule has 1 aliphatic carbocycles. The minimum atomic E-state index is -0.374. The number of amides is 3. The number of hydrogen-bond acceptors (Lipinski definition) is 2. The second-order valence-electron chi connectivity index (χ2n) is 5.00. The van der Waals surface area contributed by atoms with E-state index in [0.717, 1.165) is 23.7 Å². The van der Waals surface area contributed by atoms with Crippen LogP contribution >= 0.6 is 0 Å². The first-order chi connectivity index (χ1) is 9.65. The molecule has 6 heteroatoms. The van der Waals surface area contributed by atoms with Crippen molar-refractivity contribution in [1.82, 2.24) is 20.7 Å². The molecule has 0 spiro atoms. The summed E-state index contributed by atoms with van der Waals surface area (Å²) in [6.45, 7) is 0. The van der Waals surface area contributed by atoms with Gasteiger partial charge in [-0.3, -0.25) is 10.2 Å². The Kier molecular flexibility index (Phi) is 3.06. The molecule has 1 heterocycles. The molecular formula is C14H16N4O2. The van der Waals surface area contributed by atoms with Crippen molar-refractivity contribution < 1.29 is 9.59 Å². The summed E-state index contributed by atoms with van der Waals surface area (Å²) in [6, 6.07) is 7.51. The van der Waals surface area contributed by atoms with Crippen molar-refractivity contribution in [3.63, 3.8) is 0 Å². The summed E-state index contributed by atoms with van der Waals surface area (Å²) in [5, 5.41) is 3.59. The predicted octanol–water partition coefficient (Wildman–Crippen LogP) is 1.28. The van der Waals surface area contributed by atoms with E-state index < -0.39 is 0 Å². The summed E-state index contributed by atoms with van der Waals surface area (Å²) >= 11 is 0. The topological polar surface area (TPSA) is 75.2 Å². The molecule has 3 N–H and O–H groups in total. The standard InChI is InChI=1S/C14H16N4O2/c1-18-8-11(10-4-2-3-5-12(10)18)13(19)16-17-14(20)15-9-6-7-9/h2-5,8-9H,6-7H2,1H3,(H,16,19)(H2,15,17,20). The van der Waals surface area contributed by atoms with Crippen LogP contribution < -0.4 is 16.2 Å². The third-order valence-electron chi connectivity index (χ3n) is 3.34. The molecule has 1 aromatic carbocycles. The molecule has 2 aromatic rings. The van der Waals surface area contributed by atoms with Crippen LogP contribution in [0.5, 0.6) is 0 Å².